The summed E-state index contributed by atoms with van der Waals surface area (Å²) >= 11 is 5.62. The van der Waals surface area contributed by atoms with Crippen LogP contribution in [0.1, 0.15) is 22.8 Å². The lowest BCUT2D eigenvalue weighted by Crippen LogP contribution is -2.06. The number of phenols is 1. The number of hydrogen-bond acceptors (Lipinski definition) is 4. The topological polar surface area (TPSA) is 70.3 Å². The molecule has 0 aromatic heterocycles. The molecule has 5 heteroatoms. The molecule has 15 heavy (non-hydrogen) atoms. The van der Waals surface area contributed by atoms with Gasteiger partial charge in [0.25, 0.3) is 0 Å². The zero-order chi connectivity index (χ0) is 11.4. The number of nitrogens with zero attached hydrogens (tertiary/aromatic N) is 1. The second-order valence-electron chi connectivity index (χ2n) is 2.68. The van der Waals surface area contributed by atoms with Crippen LogP contribution in [0.2, 0.25) is 5.02 Å². The van der Waals surface area contributed by atoms with Crippen LogP contribution in [0.15, 0.2) is 12.1 Å². The summed E-state index contributed by atoms with van der Waals surface area (Å²) in [6, 6.07) is 4.13. The molecule has 0 saturated heterocycles. The van der Waals surface area contributed by atoms with Gasteiger partial charge in [0.15, 0.2) is 0 Å². The first-order valence-electron chi connectivity index (χ1n) is 4.19. The zero-order valence-electron chi connectivity index (χ0n) is 7.95. The van der Waals surface area contributed by atoms with Crippen LogP contribution in [0.5, 0.6) is 5.75 Å². The quantitative estimate of drug-likeness (QED) is 0.783. The molecule has 1 N–H and O–H groups in total. The molecule has 0 aliphatic rings. The van der Waals surface area contributed by atoms with Gasteiger partial charge >= 0.3 is 5.97 Å². The molecule has 1 rings (SSSR count). The zero-order valence-corrected chi connectivity index (χ0v) is 8.71. The Kier molecular flexibility index (Phi) is 3.53. The van der Waals surface area contributed by atoms with Gasteiger partial charge < -0.3 is 9.84 Å². The molecule has 0 bridgehead atoms. The van der Waals surface area contributed by atoms with Gasteiger partial charge in [0.05, 0.1) is 22.8 Å². The van der Waals surface area contributed by atoms with Gasteiger partial charge in [-0.3, -0.25) is 0 Å². The summed E-state index contributed by atoms with van der Waals surface area (Å²) < 4.78 is 4.73. The fraction of sp³-hybridized carbons (Fsp3) is 0.200. The first-order valence-corrected chi connectivity index (χ1v) is 4.57. The van der Waals surface area contributed by atoms with Crippen LogP contribution in [0.3, 0.4) is 0 Å². The van der Waals surface area contributed by atoms with Gasteiger partial charge in [-0.1, -0.05) is 11.6 Å². The average molecular weight is 226 g/mol. The van der Waals surface area contributed by atoms with Gasteiger partial charge in [0, 0.05) is 6.07 Å². The fourth-order valence-electron chi connectivity index (χ4n) is 1.03. The van der Waals surface area contributed by atoms with E-state index in [0.717, 1.165) is 6.07 Å². The number of hydrogen-bond donors (Lipinski definition) is 1. The molecule has 0 aliphatic carbocycles. The van der Waals surface area contributed by atoms with Crippen LogP contribution < -0.4 is 0 Å². The lowest BCUT2D eigenvalue weighted by molar-refractivity contribution is 0.0526. The van der Waals surface area contributed by atoms with Crippen molar-refractivity contribution in [2.24, 2.45) is 0 Å². The molecule has 0 aliphatic heterocycles. The van der Waals surface area contributed by atoms with Gasteiger partial charge in [-0.25, -0.2) is 4.79 Å². The number of esters is 1. The van der Waals surface area contributed by atoms with Crippen LogP contribution in [0, 0.1) is 11.3 Å². The van der Waals surface area contributed by atoms with Crippen molar-refractivity contribution >= 4 is 17.6 Å². The third-order valence-corrected chi connectivity index (χ3v) is 2.01. The van der Waals surface area contributed by atoms with Crippen molar-refractivity contribution in [2.75, 3.05) is 6.61 Å². The number of ether oxygens (including phenoxy) is 1. The Morgan fingerprint density at radius 2 is 2.33 bits per heavy atom. The van der Waals surface area contributed by atoms with E-state index in [2.05, 4.69) is 0 Å². The summed E-state index contributed by atoms with van der Waals surface area (Å²) in [6.07, 6.45) is 0. The van der Waals surface area contributed by atoms with Crippen molar-refractivity contribution in [3.8, 4) is 11.8 Å². The third kappa shape index (κ3) is 2.39. The number of carbonyl (C=O) groups is 1. The smallest absolute Gasteiger partial charge is 0.339 e. The molecule has 0 fully saturated rings. The number of nitriles is 1. The summed E-state index contributed by atoms with van der Waals surface area (Å²) in [7, 11) is 0. The summed E-state index contributed by atoms with van der Waals surface area (Å²) in [5, 5.41) is 18.0. The van der Waals surface area contributed by atoms with Crippen molar-refractivity contribution in [1.29, 1.82) is 5.26 Å². The van der Waals surface area contributed by atoms with E-state index in [4.69, 9.17) is 21.6 Å². The van der Waals surface area contributed by atoms with Crippen LogP contribution in [0.4, 0.5) is 0 Å². The Morgan fingerprint density at radius 3 is 2.87 bits per heavy atom. The maximum atomic E-state index is 11.4. The second kappa shape index (κ2) is 4.67. The Morgan fingerprint density at radius 1 is 1.67 bits per heavy atom. The van der Waals surface area contributed by atoms with Gasteiger partial charge in [-0.05, 0) is 13.0 Å². The highest BCUT2D eigenvalue weighted by atomic mass is 35.5. The Labute approximate surface area is 91.7 Å². The lowest BCUT2D eigenvalue weighted by Gasteiger charge is -2.05. The van der Waals surface area contributed by atoms with Crippen molar-refractivity contribution in [1.82, 2.24) is 0 Å². The highest BCUT2D eigenvalue weighted by Crippen LogP contribution is 2.27. The molecule has 0 atom stereocenters. The first kappa shape index (κ1) is 11.3. The first-order chi connectivity index (χ1) is 7.10. The molecule has 0 unspecified atom stereocenters. The Balaban J connectivity index is 3.23. The van der Waals surface area contributed by atoms with Crippen molar-refractivity contribution < 1.29 is 14.6 Å². The predicted octanol–water partition coefficient (Wildman–Crippen LogP) is 2.09. The van der Waals surface area contributed by atoms with Gasteiger partial charge in [-0.2, -0.15) is 5.26 Å². The third-order valence-electron chi connectivity index (χ3n) is 1.70. The SMILES string of the molecule is CCOC(=O)c1cc(Cl)c(O)cc1C#N. The van der Waals surface area contributed by atoms with Crippen LogP contribution in [0.25, 0.3) is 0 Å². The van der Waals surface area contributed by atoms with E-state index in [0.29, 0.717) is 0 Å². The Hall–Kier alpha value is -1.73. The Bertz CT molecular complexity index is 437. The molecule has 0 amide bonds. The largest absolute Gasteiger partial charge is 0.506 e. The molecule has 78 valence electrons. The van der Waals surface area contributed by atoms with E-state index in [9.17, 15) is 9.90 Å². The minimum atomic E-state index is -0.629. The van der Waals surface area contributed by atoms with E-state index in [-0.39, 0.29) is 28.5 Å². The molecule has 0 saturated carbocycles. The number of benzene rings is 1. The van der Waals surface area contributed by atoms with Crippen LogP contribution in [-0.4, -0.2) is 17.7 Å². The maximum absolute atomic E-state index is 11.4. The molecular weight excluding hydrogens is 218 g/mol. The standard InChI is InChI=1S/C10H8ClNO3/c1-2-15-10(14)7-4-8(11)9(13)3-6(7)5-12/h3-4,13H,2H2,1H3. The molecule has 0 heterocycles. The summed E-state index contributed by atoms with van der Waals surface area (Å²) in [4.78, 5) is 11.4. The summed E-state index contributed by atoms with van der Waals surface area (Å²) in [6.45, 7) is 1.87. The van der Waals surface area contributed by atoms with E-state index in [1.165, 1.54) is 6.07 Å². The number of aromatic hydroxyl groups is 1. The van der Waals surface area contributed by atoms with Crippen molar-refractivity contribution in [3.05, 3.63) is 28.3 Å². The summed E-state index contributed by atoms with van der Waals surface area (Å²) in [5.74, 6) is -0.864. The maximum Gasteiger partial charge on any atom is 0.339 e. The molecule has 1 aromatic rings. The number of phenolic OH excluding ortho intramolecular Hbond substituents is 1. The number of carbonyl (C=O) groups excluding carboxylic acids is 1. The van der Waals surface area contributed by atoms with Gasteiger partial charge in [0.2, 0.25) is 0 Å². The van der Waals surface area contributed by atoms with Crippen LogP contribution in [-0.2, 0) is 4.74 Å². The van der Waals surface area contributed by atoms with Crippen molar-refractivity contribution in [2.45, 2.75) is 6.92 Å². The number of halogens is 1. The highest BCUT2D eigenvalue weighted by molar-refractivity contribution is 6.32. The van der Waals surface area contributed by atoms with Crippen molar-refractivity contribution in [3.63, 3.8) is 0 Å². The van der Waals surface area contributed by atoms with E-state index in [1.807, 2.05) is 0 Å². The second-order valence-corrected chi connectivity index (χ2v) is 3.09. The fourth-order valence-corrected chi connectivity index (χ4v) is 1.20. The molecule has 4 nitrogen and oxygen atoms in total. The molecule has 0 radical (unpaired) electrons. The van der Waals surface area contributed by atoms with E-state index < -0.39 is 5.97 Å². The summed E-state index contributed by atoms with van der Waals surface area (Å²) in [5.41, 5.74) is 0.0949. The predicted molar refractivity (Wildman–Crippen MR) is 53.8 cm³/mol. The number of rotatable bonds is 2. The van der Waals surface area contributed by atoms with Gasteiger partial charge in [-0.15, -0.1) is 0 Å². The minimum absolute atomic E-state index is 0.0112. The van der Waals surface area contributed by atoms with E-state index in [1.54, 1.807) is 13.0 Å². The highest BCUT2D eigenvalue weighted by Gasteiger charge is 2.15. The van der Waals surface area contributed by atoms with Crippen LogP contribution >= 0.6 is 11.6 Å². The lowest BCUT2D eigenvalue weighted by atomic mass is 10.1. The average Bonchev–Trinajstić information content (AvgIpc) is 2.21. The van der Waals surface area contributed by atoms with E-state index >= 15 is 0 Å². The molecule has 0 spiro atoms. The normalized spacial score (nSPS) is 9.40. The minimum Gasteiger partial charge on any atom is -0.506 e. The molecular formula is C10H8ClNO3. The monoisotopic (exact) mass is 225 g/mol. The van der Waals surface area contributed by atoms with Gasteiger partial charge in [0.1, 0.15) is 11.8 Å². The molecule has 1 aromatic carbocycles.